The lowest BCUT2D eigenvalue weighted by Gasteiger charge is -2.31. The number of amides is 1. The number of hydrogen-bond donors (Lipinski definition) is 1. The number of aromatic hydroxyl groups is 1. The topological polar surface area (TPSA) is 111 Å². The van der Waals surface area contributed by atoms with Crippen molar-refractivity contribution in [3.05, 3.63) is 51.3 Å². The van der Waals surface area contributed by atoms with Crippen molar-refractivity contribution in [3.63, 3.8) is 0 Å². The van der Waals surface area contributed by atoms with Gasteiger partial charge in [0.15, 0.2) is 5.69 Å². The first-order valence-corrected chi connectivity index (χ1v) is 15.5. The third-order valence-corrected chi connectivity index (χ3v) is 8.01. The van der Waals surface area contributed by atoms with Crippen LogP contribution in [0.25, 0.3) is 0 Å². The molecule has 0 saturated heterocycles. The van der Waals surface area contributed by atoms with Crippen molar-refractivity contribution in [1.82, 2.24) is 9.47 Å². The number of aromatic nitrogens is 1. The Morgan fingerprint density at radius 1 is 0.951 bits per heavy atom. The van der Waals surface area contributed by atoms with Crippen LogP contribution in [0.15, 0.2) is 39.3 Å². The molecule has 2 unspecified atom stereocenters. The molecular formula is C33H49N5O3. The number of unbranched alkanes of at least 4 members (excludes halogenated alkanes) is 2. The summed E-state index contributed by atoms with van der Waals surface area (Å²) in [5, 5.41) is 28.4. The summed E-state index contributed by atoms with van der Waals surface area (Å²) in [6, 6.07) is 8.99. The van der Waals surface area contributed by atoms with Gasteiger partial charge in [0.25, 0.3) is 11.5 Å². The lowest BCUT2D eigenvalue weighted by molar-refractivity contribution is 0.0685. The average Bonchev–Trinajstić information content (AvgIpc) is 2.99. The number of nitrogens with zero attached hydrogens (tertiary/aromatic N) is 5. The first kappa shape index (κ1) is 33.7. The van der Waals surface area contributed by atoms with Gasteiger partial charge in [0, 0.05) is 30.8 Å². The average molecular weight is 564 g/mol. The zero-order valence-corrected chi connectivity index (χ0v) is 25.9. The first-order chi connectivity index (χ1) is 19.8. The van der Waals surface area contributed by atoms with E-state index in [2.05, 4.69) is 42.8 Å². The Morgan fingerprint density at radius 3 is 1.95 bits per heavy atom. The van der Waals surface area contributed by atoms with Crippen molar-refractivity contribution < 1.29 is 9.90 Å². The van der Waals surface area contributed by atoms with Gasteiger partial charge in [0.1, 0.15) is 11.6 Å². The standard InChI is InChI=1S/C33H49N5O3/c1-7-13-15-24(9-3)22-37(23-25(10-4)16-14-8-2)31(39)26-17-19-27(20-18-26)35-36-30-28(11-5)29(21-34)32(40)38(12-6)33(30)41/h17-20,24-25,40H,7-16,22-23H2,1-6H3. The second-order valence-corrected chi connectivity index (χ2v) is 10.8. The monoisotopic (exact) mass is 563 g/mol. The SMILES string of the molecule is CCCCC(CC)CN(CC(CC)CCCC)C(=O)c1ccc(N=Nc2c(CC)c(C#N)c(O)n(CC)c2=O)cc1. The molecule has 0 fully saturated rings. The minimum Gasteiger partial charge on any atom is -0.493 e. The number of carbonyl (C=O) groups is 1. The van der Waals surface area contributed by atoms with Gasteiger partial charge >= 0.3 is 0 Å². The molecule has 1 amide bonds. The first-order valence-electron chi connectivity index (χ1n) is 15.5. The Kier molecular flexibility index (Phi) is 14.3. The zero-order valence-electron chi connectivity index (χ0n) is 25.9. The van der Waals surface area contributed by atoms with Crippen LogP contribution >= 0.6 is 0 Å². The Bertz CT molecular complexity index is 1230. The highest BCUT2D eigenvalue weighted by Gasteiger charge is 2.23. The van der Waals surface area contributed by atoms with Crippen LogP contribution in [0, 0.1) is 23.2 Å². The number of pyridine rings is 1. The van der Waals surface area contributed by atoms with Gasteiger partial charge in [-0.25, -0.2) is 0 Å². The van der Waals surface area contributed by atoms with Crippen LogP contribution in [0.4, 0.5) is 11.4 Å². The predicted molar refractivity (Wildman–Crippen MR) is 165 cm³/mol. The quantitative estimate of drug-likeness (QED) is 0.195. The summed E-state index contributed by atoms with van der Waals surface area (Å²) in [7, 11) is 0. The third kappa shape index (κ3) is 9.01. The maximum Gasteiger partial charge on any atom is 0.281 e. The Hall–Kier alpha value is -3.47. The van der Waals surface area contributed by atoms with Gasteiger partial charge in [-0.2, -0.15) is 10.4 Å². The van der Waals surface area contributed by atoms with Gasteiger partial charge in [-0.05, 0) is 62.3 Å². The molecule has 0 spiro atoms. The zero-order chi connectivity index (χ0) is 30.4. The number of rotatable bonds is 17. The van der Waals surface area contributed by atoms with Crippen molar-refractivity contribution in [2.24, 2.45) is 22.1 Å². The van der Waals surface area contributed by atoms with Crippen molar-refractivity contribution >= 4 is 17.3 Å². The van der Waals surface area contributed by atoms with Crippen LogP contribution in [0.2, 0.25) is 0 Å². The summed E-state index contributed by atoms with van der Waals surface area (Å²) in [6.07, 6.45) is 9.38. The summed E-state index contributed by atoms with van der Waals surface area (Å²) in [4.78, 5) is 28.8. The maximum absolute atomic E-state index is 13.8. The van der Waals surface area contributed by atoms with E-state index in [1.807, 2.05) is 6.07 Å². The molecule has 8 heteroatoms. The molecule has 224 valence electrons. The maximum atomic E-state index is 13.8. The number of benzene rings is 1. The molecule has 2 aromatic rings. The molecule has 0 aliphatic heterocycles. The van der Waals surface area contributed by atoms with Crippen molar-refractivity contribution in [1.29, 1.82) is 5.26 Å². The summed E-state index contributed by atoms with van der Waals surface area (Å²) >= 11 is 0. The smallest absolute Gasteiger partial charge is 0.281 e. The summed E-state index contributed by atoms with van der Waals surface area (Å²) in [5.74, 6) is 0.663. The molecule has 1 heterocycles. The highest BCUT2D eigenvalue weighted by Crippen LogP contribution is 2.28. The van der Waals surface area contributed by atoms with Crippen molar-refractivity contribution in [2.45, 2.75) is 106 Å². The minimum absolute atomic E-state index is 0.0367. The van der Waals surface area contributed by atoms with Crippen LogP contribution in [-0.2, 0) is 13.0 Å². The van der Waals surface area contributed by atoms with E-state index in [4.69, 9.17) is 0 Å². The molecular weight excluding hydrogens is 514 g/mol. The molecule has 0 aliphatic rings. The van der Waals surface area contributed by atoms with E-state index in [0.29, 0.717) is 35.1 Å². The van der Waals surface area contributed by atoms with Gasteiger partial charge in [-0.1, -0.05) is 73.1 Å². The second kappa shape index (κ2) is 17.4. The Balaban J connectivity index is 2.35. The van der Waals surface area contributed by atoms with E-state index >= 15 is 0 Å². The largest absolute Gasteiger partial charge is 0.493 e. The molecule has 0 radical (unpaired) electrons. The molecule has 0 saturated carbocycles. The Labute approximate surface area is 246 Å². The Morgan fingerprint density at radius 2 is 1.51 bits per heavy atom. The van der Waals surface area contributed by atoms with Gasteiger partial charge in [0.05, 0.1) is 5.69 Å². The fraction of sp³-hybridized carbons (Fsp3) is 0.606. The fourth-order valence-corrected chi connectivity index (χ4v) is 5.26. The van der Waals surface area contributed by atoms with Gasteiger partial charge in [-0.15, -0.1) is 5.11 Å². The molecule has 41 heavy (non-hydrogen) atoms. The molecule has 0 bridgehead atoms. The van der Waals surface area contributed by atoms with E-state index in [9.17, 15) is 20.0 Å². The number of carbonyl (C=O) groups excluding carboxylic acids is 1. The van der Waals surface area contributed by atoms with Crippen LogP contribution < -0.4 is 5.56 Å². The molecule has 2 rings (SSSR count). The van der Waals surface area contributed by atoms with Gasteiger partial charge in [0.2, 0.25) is 5.88 Å². The van der Waals surface area contributed by atoms with Crippen molar-refractivity contribution in [2.75, 3.05) is 13.1 Å². The highest BCUT2D eigenvalue weighted by atomic mass is 16.3. The van der Waals surface area contributed by atoms with Crippen LogP contribution in [0.1, 0.15) is 114 Å². The highest BCUT2D eigenvalue weighted by molar-refractivity contribution is 5.94. The van der Waals surface area contributed by atoms with Gasteiger partial charge in [-0.3, -0.25) is 14.2 Å². The minimum atomic E-state index is -0.492. The number of azo groups is 1. The summed E-state index contributed by atoms with van der Waals surface area (Å²) in [5.41, 5.74) is 1.07. The van der Waals surface area contributed by atoms with Crippen LogP contribution in [0.5, 0.6) is 5.88 Å². The fourth-order valence-electron chi connectivity index (χ4n) is 5.26. The van der Waals surface area contributed by atoms with Gasteiger partial charge < -0.3 is 10.0 Å². The van der Waals surface area contributed by atoms with E-state index in [1.165, 1.54) is 12.8 Å². The molecule has 1 aromatic carbocycles. The van der Waals surface area contributed by atoms with Crippen molar-refractivity contribution in [3.8, 4) is 11.9 Å². The summed E-state index contributed by atoms with van der Waals surface area (Å²) in [6.45, 7) is 14.1. The van der Waals surface area contributed by atoms with E-state index < -0.39 is 5.56 Å². The third-order valence-electron chi connectivity index (χ3n) is 8.01. The molecule has 1 aromatic heterocycles. The van der Waals surface area contributed by atoms with Crippen LogP contribution in [-0.4, -0.2) is 33.6 Å². The van der Waals surface area contributed by atoms with E-state index in [0.717, 1.165) is 56.2 Å². The lowest BCUT2D eigenvalue weighted by atomic mass is 9.95. The number of nitriles is 1. The molecule has 2 atom stereocenters. The van der Waals surface area contributed by atoms with Crippen LogP contribution in [0.3, 0.4) is 0 Å². The summed E-state index contributed by atoms with van der Waals surface area (Å²) < 4.78 is 1.12. The molecule has 8 nitrogen and oxygen atoms in total. The molecule has 0 aliphatic carbocycles. The van der Waals surface area contributed by atoms with E-state index in [1.54, 1.807) is 38.1 Å². The molecule has 1 N–H and O–H groups in total. The van der Waals surface area contributed by atoms with E-state index in [-0.39, 0.29) is 29.6 Å². The predicted octanol–water partition coefficient (Wildman–Crippen LogP) is 8.30. The normalized spacial score (nSPS) is 12.8. The number of hydrogen-bond acceptors (Lipinski definition) is 6. The second-order valence-electron chi connectivity index (χ2n) is 10.8. The lowest BCUT2D eigenvalue weighted by Crippen LogP contribution is -2.39.